The number of nitrogens with zero attached hydrogens (tertiary/aromatic N) is 4. The number of hydrogen-bond donors (Lipinski definition) is 2. The summed E-state index contributed by atoms with van der Waals surface area (Å²) in [5, 5.41) is 6.82. The highest BCUT2D eigenvalue weighted by molar-refractivity contribution is 5.81. The van der Waals surface area contributed by atoms with E-state index in [-0.39, 0.29) is 11.7 Å². The van der Waals surface area contributed by atoms with Crippen LogP contribution in [0.15, 0.2) is 29.3 Å². The lowest BCUT2D eigenvalue weighted by Gasteiger charge is -2.36. The third-order valence-electron chi connectivity index (χ3n) is 6.37. The number of benzene rings is 1. The fourth-order valence-electron chi connectivity index (χ4n) is 4.30. The third-order valence-corrected chi connectivity index (χ3v) is 6.37. The maximum Gasteiger partial charge on any atom is 0.224 e. The number of halogens is 1. The van der Waals surface area contributed by atoms with Crippen LogP contribution in [0.25, 0.3) is 0 Å². The lowest BCUT2D eigenvalue weighted by molar-refractivity contribution is -0.131. The summed E-state index contributed by atoms with van der Waals surface area (Å²) in [6.45, 7) is 12.3. The topological polar surface area (TPSA) is 63.2 Å². The van der Waals surface area contributed by atoms with Crippen molar-refractivity contribution >= 4 is 17.6 Å². The van der Waals surface area contributed by atoms with Gasteiger partial charge in [-0.25, -0.2) is 4.39 Å². The number of nitrogens with one attached hydrogen (secondary N) is 2. The standard InChI is InChI=1S/C23H37FN6O/c1-17(2)30-15-18(3)21(16-30)27-23(25-4)26-10-9-22(31)29-13-11-28(12-14-29)20-7-5-19(24)6-8-20/h5-8,17-18,21H,9-16H2,1-4H3,(H2,25,26,27). The van der Waals surface area contributed by atoms with Crippen LogP contribution < -0.4 is 15.5 Å². The van der Waals surface area contributed by atoms with E-state index in [1.807, 2.05) is 4.90 Å². The molecule has 8 heteroatoms. The Hall–Kier alpha value is -2.35. The zero-order valence-corrected chi connectivity index (χ0v) is 19.3. The fraction of sp³-hybridized carbons (Fsp3) is 0.652. The van der Waals surface area contributed by atoms with E-state index in [1.54, 1.807) is 19.2 Å². The van der Waals surface area contributed by atoms with Crippen LogP contribution in [0.5, 0.6) is 0 Å². The van der Waals surface area contributed by atoms with Gasteiger partial charge in [-0.05, 0) is 44.0 Å². The van der Waals surface area contributed by atoms with Crippen molar-refractivity contribution in [3.63, 3.8) is 0 Å². The largest absolute Gasteiger partial charge is 0.368 e. The number of likely N-dealkylation sites (tertiary alicyclic amines) is 1. The van der Waals surface area contributed by atoms with Crippen molar-refractivity contribution in [2.24, 2.45) is 10.9 Å². The number of hydrogen-bond acceptors (Lipinski definition) is 4. The van der Waals surface area contributed by atoms with Crippen molar-refractivity contribution in [2.75, 3.05) is 57.8 Å². The van der Waals surface area contributed by atoms with Crippen molar-refractivity contribution < 1.29 is 9.18 Å². The van der Waals surface area contributed by atoms with E-state index in [4.69, 9.17) is 0 Å². The van der Waals surface area contributed by atoms with Crippen LogP contribution in [-0.4, -0.2) is 86.6 Å². The molecule has 0 spiro atoms. The molecule has 0 radical (unpaired) electrons. The lowest BCUT2D eigenvalue weighted by Crippen LogP contribution is -2.50. The zero-order chi connectivity index (χ0) is 22.4. The van der Waals surface area contributed by atoms with E-state index < -0.39 is 0 Å². The summed E-state index contributed by atoms with van der Waals surface area (Å²) in [6, 6.07) is 7.45. The number of anilines is 1. The molecule has 0 aliphatic carbocycles. The second-order valence-electron chi connectivity index (χ2n) is 8.87. The van der Waals surface area contributed by atoms with E-state index in [2.05, 4.69) is 46.2 Å². The first-order valence-electron chi connectivity index (χ1n) is 11.4. The summed E-state index contributed by atoms with van der Waals surface area (Å²) >= 11 is 0. The minimum Gasteiger partial charge on any atom is -0.368 e. The second kappa shape index (κ2) is 10.8. The van der Waals surface area contributed by atoms with Crippen molar-refractivity contribution in [1.29, 1.82) is 0 Å². The van der Waals surface area contributed by atoms with E-state index in [0.29, 0.717) is 44.1 Å². The number of carbonyl (C=O) groups is 1. The molecule has 1 aromatic carbocycles. The van der Waals surface area contributed by atoms with Gasteiger partial charge in [-0.15, -0.1) is 0 Å². The first-order chi connectivity index (χ1) is 14.9. The van der Waals surface area contributed by atoms with Crippen molar-refractivity contribution in [1.82, 2.24) is 20.4 Å². The molecule has 0 aromatic heterocycles. The van der Waals surface area contributed by atoms with Gasteiger partial charge in [0.1, 0.15) is 5.82 Å². The Morgan fingerprint density at radius 2 is 1.84 bits per heavy atom. The quantitative estimate of drug-likeness (QED) is 0.530. The molecular formula is C23H37FN6O. The van der Waals surface area contributed by atoms with Crippen LogP contribution in [0.4, 0.5) is 10.1 Å². The van der Waals surface area contributed by atoms with Gasteiger partial charge in [-0.3, -0.25) is 14.7 Å². The van der Waals surface area contributed by atoms with Gasteiger partial charge < -0.3 is 20.4 Å². The molecule has 31 heavy (non-hydrogen) atoms. The molecule has 2 unspecified atom stereocenters. The van der Waals surface area contributed by atoms with Gasteiger partial charge in [-0.2, -0.15) is 0 Å². The number of rotatable bonds is 6. The van der Waals surface area contributed by atoms with Crippen LogP contribution >= 0.6 is 0 Å². The monoisotopic (exact) mass is 432 g/mol. The van der Waals surface area contributed by atoms with Crippen LogP contribution in [0.2, 0.25) is 0 Å². The minimum absolute atomic E-state index is 0.155. The summed E-state index contributed by atoms with van der Waals surface area (Å²) in [5.41, 5.74) is 1.00. The Labute approximate surface area is 185 Å². The molecule has 1 amide bonds. The summed E-state index contributed by atoms with van der Waals surface area (Å²) in [6.07, 6.45) is 0.440. The maximum absolute atomic E-state index is 13.1. The highest BCUT2D eigenvalue weighted by Crippen LogP contribution is 2.19. The Balaban J connectivity index is 1.38. The summed E-state index contributed by atoms with van der Waals surface area (Å²) in [7, 11) is 1.77. The first kappa shape index (κ1) is 23.3. The van der Waals surface area contributed by atoms with Crippen LogP contribution in [0, 0.1) is 11.7 Å². The Kier molecular flexibility index (Phi) is 8.12. The molecule has 2 aliphatic rings. The first-order valence-corrected chi connectivity index (χ1v) is 11.4. The normalized spacial score (nSPS) is 22.8. The molecule has 2 fully saturated rings. The third kappa shape index (κ3) is 6.32. The Morgan fingerprint density at radius 3 is 2.42 bits per heavy atom. The van der Waals surface area contributed by atoms with Gasteiger partial charge in [0.15, 0.2) is 5.96 Å². The molecule has 2 saturated heterocycles. The zero-order valence-electron chi connectivity index (χ0n) is 19.3. The molecule has 0 saturated carbocycles. The fourth-order valence-corrected chi connectivity index (χ4v) is 4.30. The molecule has 1 aromatic rings. The molecular weight excluding hydrogens is 395 g/mol. The van der Waals surface area contributed by atoms with Gasteiger partial charge in [0, 0.05) is 77.1 Å². The van der Waals surface area contributed by atoms with E-state index in [9.17, 15) is 9.18 Å². The van der Waals surface area contributed by atoms with Crippen LogP contribution in [-0.2, 0) is 4.79 Å². The molecule has 0 bridgehead atoms. The average Bonchev–Trinajstić information content (AvgIpc) is 3.14. The summed E-state index contributed by atoms with van der Waals surface area (Å²) in [5.74, 6) is 1.24. The predicted molar refractivity (Wildman–Crippen MR) is 124 cm³/mol. The summed E-state index contributed by atoms with van der Waals surface area (Å²) in [4.78, 5) is 23.5. The Morgan fingerprint density at radius 1 is 1.16 bits per heavy atom. The van der Waals surface area contributed by atoms with Crippen molar-refractivity contribution in [2.45, 2.75) is 39.3 Å². The van der Waals surface area contributed by atoms with Crippen molar-refractivity contribution in [3.05, 3.63) is 30.1 Å². The maximum atomic E-state index is 13.1. The van der Waals surface area contributed by atoms with Gasteiger partial charge in [0.2, 0.25) is 5.91 Å². The molecule has 7 nitrogen and oxygen atoms in total. The molecule has 2 heterocycles. The van der Waals surface area contributed by atoms with E-state index >= 15 is 0 Å². The second-order valence-corrected chi connectivity index (χ2v) is 8.87. The van der Waals surface area contributed by atoms with Gasteiger partial charge >= 0.3 is 0 Å². The van der Waals surface area contributed by atoms with Crippen molar-refractivity contribution in [3.8, 4) is 0 Å². The molecule has 2 atom stereocenters. The number of guanidine groups is 1. The number of carbonyl (C=O) groups excluding carboxylic acids is 1. The molecule has 172 valence electrons. The highest BCUT2D eigenvalue weighted by atomic mass is 19.1. The lowest BCUT2D eigenvalue weighted by atomic mass is 10.1. The predicted octanol–water partition coefficient (Wildman–Crippen LogP) is 1.76. The Bertz CT molecular complexity index is 745. The molecule has 2 N–H and O–H groups in total. The van der Waals surface area contributed by atoms with E-state index in [1.165, 1.54) is 12.1 Å². The van der Waals surface area contributed by atoms with Crippen LogP contribution in [0.3, 0.4) is 0 Å². The highest BCUT2D eigenvalue weighted by Gasteiger charge is 2.31. The number of amides is 1. The van der Waals surface area contributed by atoms with Gasteiger partial charge in [-0.1, -0.05) is 6.92 Å². The van der Waals surface area contributed by atoms with E-state index in [0.717, 1.165) is 37.8 Å². The SMILES string of the molecule is CN=C(NCCC(=O)N1CCN(c2ccc(F)cc2)CC1)NC1CN(C(C)C)CC1C. The number of piperazine rings is 1. The van der Waals surface area contributed by atoms with Gasteiger partial charge in [0.05, 0.1) is 0 Å². The molecule has 2 aliphatic heterocycles. The van der Waals surface area contributed by atoms with Gasteiger partial charge in [0.25, 0.3) is 0 Å². The average molecular weight is 433 g/mol. The van der Waals surface area contributed by atoms with Crippen LogP contribution in [0.1, 0.15) is 27.2 Å². The minimum atomic E-state index is -0.228. The molecule has 3 rings (SSSR count). The smallest absolute Gasteiger partial charge is 0.224 e. The number of aliphatic imine (C=N–C) groups is 1. The summed E-state index contributed by atoms with van der Waals surface area (Å²) < 4.78 is 13.1.